The molecule has 1 aromatic rings. The van der Waals surface area contributed by atoms with Crippen LogP contribution >= 0.6 is 0 Å². The Hall–Kier alpha value is -1.37. The van der Waals surface area contributed by atoms with E-state index >= 15 is 0 Å². The van der Waals surface area contributed by atoms with Crippen molar-refractivity contribution < 1.29 is 24.1 Å². The molecule has 0 radical (unpaired) electrons. The smallest absolute Gasteiger partial charge is 0.459 e. The third-order valence-electron chi connectivity index (χ3n) is 5.46. The van der Waals surface area contributed by atoms with Gasteiger partial charge in [-0.25, -0.2) is 0 Å². The van der Waals surface area contributed by atoms with Gasteiger partial charge in [0, 0.05) is 5.56 Å². The van der Waals surface area contributed by atoms with E-state index in [9.17, 15) is 14.8 Å². The zero-order valence-electron chi connectivity index (χ0n) is 18.8. The molecule has 1 rings (SSSR count). The standard InChI is InChI=1S/C22H39BNO4/c1-8-24(9-2,16-18-10-12-19(13-11-18)23(26)27)14-15-28-20(25)22(6,7)17-21(3,4)5/h10-13,26-27H,8-9,14-17H2,1-7H3/q+1. The van der Waals surface area contributed by atoms with E-state index in [1.54, 1.807) is 12.1 Å². The summed E-state index contributed by atoms with van der Waals surface area (Å²) in [7, 11) is -1.44. The summed E-state index contributed by atoms with van der Waals surface area (Å²) < 4.78 is 6.49. The van der Waals surface area contributed by atoms with Crippen LogP contribution < -0.4 is 5.46 Å². The minimum Gasteiger partial charge on any atom is -0.459 e. The van der Waals surface area contributed by atoms with Crippen LogP contribution in [0.25, 0.3) is 0 Å². The first-order valence-electron chi connectivity index (χ1n) is 10.3. The first kappa shape index (κ1) is 24.7. The lowest BCUT2D eigenvalue weighted by Gasteiger charge is -2.37. The van der Waals surface area contributed by atoms with E-state index in [1.807, 2.05) is 26.0 Å². The van der Waals surface area contributed by atoms with Crippen molar-refractivity contribution in [1.82, 2.24) is 0 Å². The highest BCUT2D eigenvalue weighted by atomic mass is 16.5. The van der Waals surface area contributed by atoms with E-state index in [1.165, 1.54) is 0 Å². The Kier molecular flexibility index (Phi) is 8.73. The molecule has 1 aromatic carbocycles. The summed E-state index contributed by atoms with van der Waals surface area (Å²) in [5, 5.41) is 18.5. The average molecular weight is 392 g/mol. The Bertz CT molecular complexity index is 616. The van der Waals surface area contributed by atoms with Crippen LogP contribution in [0, 0.1) is 10.8 Å². The minimum absolute atomic E-state index is 0.0729. The van der Waals surface area contributed by atoms with Crippen LogP contribution in [0.3, 0.4) is 0 Å². The van der Waals surface area contributed by atoms with Gasteiger partial charge in [-0.1, -0.05) is 45.0 Å². The summed E-state index contributed by atoms with van der Waals surface area (Å²) in [6.07, 6.45) is 0.781. The molecule has 2 N–H and O–H groups in total. The Morgan fingerprint density at radius 2 is 1.57 bits per heavy atom. The zero-order chi connectivity index (χ0) is 21.6. The van der Waals surface area contributed by atoms with Crippen molar-refractivity contribution in [2.75, 3.05) is 26.2 Å². The molecule has 0 saturated carbocycles. The normalized spacial score (nSPS) is 12.8. The predicted molar refractivity (Wildman–Crippen MR) is 115 cm³/mol. The van der Waals surface area contributed by atoms with E-state index in [2.05, 4.69) is 34.6 Å². The van der Waals surface area contributed by atoms with Crippen LogP contribution in [0.2, 0.25) is 0 Å². The number of nitrogens with zero attached hydrogens (tertiary/aromatic N) is 1. The lowest BCUT2D eigenvalue weighted by Crippen LogP contribution is -2.49. The molecule has 0 bridgehead atoms. The lowest BCUT2D eigenvalue weighted by molar-refractivity contribution is -0.937. The number of esters is 1. The van der Waals surface area contributed by atoms with Gasteiger partial charge in [-0.15, -0.1) is 0 Å². The molecule has 5 nitrogen and oxygen atoms in total. The van der Waals surface area contributed by atoms with Crippen molar-refractivity contribution in [2.24, 2.45) is 10.8 Å². The van der Waals surface area contributed by atoms with Gasteiger partial charge in [0.25, 0.3) is 0 Å². The summed E-state index contributed by atoms with van der Waals surface area (Å²) in [6.45, 7) is 18.5. The molecule has 0 atom stereocenters. The zero-order valence-corrected chi connectivity index (χ0v) is 18.8. The molecular weight excluding hydrogens is 353 g/mol. The molecule has 0 saturated heterocycles. The number of likely N-dealkylation sites (N-methyl/N-ethyl adjacent to an activating group) is 1. The SMILES string of the molecule is CC[N+](CC)(CCOC(=O)C(C)(C)CC(C)(C)C)Cc1ccc(B(O)O)cc1. The van der Waals surface area contributed by atoms with Crippen LogP contribution in [0.5, 0.6) is 0 Å². The third-order valence-corrected chi connectivity index (χ3v) is 5.46. The molecule has 158 valence electrons. The molecule has 0 unspecified atom stereocenters. The van der Waals surface area contributed by atoms with Crippen molar-refractivity contribution in [3.63, 3.8) is 0 Å². The Morgan fingerprint density at radius 3 is 2.00 bits per heavy atom. The molecule has 0 aliphatic rings. The number of carbonyl (C=O) groups is 1. The fourth-order valence-electron chi connectivity index (χ4n) is 3.95. The minimum atomic E-state index is -1.44. The molecule has 0 aliphatic heterocycles. The van der Waals surface area contributed by atoms with Gasteiger partial charge in [-0.05, 0) is 45.0 Å². The highest BCUT2D eigenvalue weighted by molar-refractivity contribution is 6.58. The first-order chi connectivity index (χ1) is 12.8. The Labute approximate surface area is 171 Å². The number of ether oxygens (including phenoxy) is 1. The van der Waals surface area contributed by atoms with Crippen LogP contribution in [0.4, 0.5) is 0 Å². The number of rotatable bonds is 10. The molecule has 6 heteroatoms. The highest BCUT2D eigenvalue weighted by Gasteiger charge is 2.34. The topological polar surface area (TPSA) is 66.8 Å². The van der Waals surface area contributed by atoms with Gasteiger partial charge in [0.2, 0.25) is 0 Å². The summed E-state index contributed by atoms with van der Waals surface area (Å²) in [5.41, 5.74) is 1.20. The molecule has 0 aromatic heterocycles. The van der Waals surface area contributed by atoms with Gasteiger partial charge in [0.15, 0.2) is 0 Å². The van der Waals surface area contributed by atoms with E-state index in [0.29, 0.717) is 12.1 Å². The molecule has 0 heterocycles. The van der Waals surface area contributed by atoms with Gasteiger partial charge < -0.3 is 19.3 Å². The molecule has 0 aliphatic carbocycles. The summed E-state index contributed by atoms with van der Waals surface area (Å²) in [5.74, 6) is -0.131. The van der Waals surface area contributed by atoms with Crippen molar-refractivity contribution in [3.05, 3.63) is 29.8 Å². The Balaban J connectivity index is 2.72. The molecule has 0 amide bonds. The fourth-order valence-corrected chi connectivity index (χ4v) is 3.95. The van der Waals surface area contributed by atoms with Crippen molar-refractivity contribution >= 4 is 18.6 Å². The second kappa shape index (κ2) is 9.90. The molecule has 28 heavy (non-hydrogen) atoms. The van der Waals surface area contributed by atoms with Gasteiger partial charge >= 0.3 is 13.1 Å². The van der Waals surface area contributed by atoms with Crippen LogP contribution in [-0.4, -0.2) is 53.9 Å². The van der Waals surface area contributed by atoms with Crippen molar-refractivity contribution in [3.8, 4) is 0 Å². The van der Waals surface area contributed by atoms with Crippen LogP contribution in [0.15, 0.2) is 24.3 Å². The number of hydrogen-bond donors (Lipinski definition) is 2. The quantitative estimate of drug-likeness (QED) is 0.365. The maximum absolute atomic E-state index is 12.6. The summed E-state index contributed by atoms with van der Waals surface area (Å²) in [4.78, 5) is 12.6. The number of carbonyl (C=O) groups excluding carboxylic acids is 1. The summed E-state index contributed by atoms with van der Waals surface area (Å²) >= 11 is 0. The van der Waals surface area contributed by atoms with Gasteiger partial charge in [-0.2, -0.15) is 0 Å². The van der Waals surface area contributed by atoms with Gasteiger partial charge in [0.05, 0.1) is 18.5 Å². The van der Waals surface area contributed by atoms with E-state index in [-0.39, 0.29) is 11.4 Å². The van der Waals surface area contributed by atoms with Gasteiger partial charge in [0.1, 0.15) is 19.7 Å². The second-order valence-electron chi connectivity index (χ2n) is 9.73. The van der Waals surface area contributed by atoms with E-state index < -0.39 is 12.5 Å². The summed E-state index contributed by atoms with van der Waals surface area (Å²) in [6, 6.07) is 7.36. The van der Waals surface area contributed by atoms with Crippen molar-refractivity contribution in [1.29, 1.82) is 0 Å². The first-order valence-corrected chi connectivity index (χ1v) is 10.3. The molecular formula is C22H39BNO4+. The number of benzene rings is 1. The number of quaternary nitrogens is 1. The average Bonchev–Trinajstić information content (AvgIpc) is 2.59. The monoisotopic (exact) mass is 392 g/mol. The predicted octanol–water partition coefficient (Wildman–Crippen LogP) is 2.73. The molecule has 0 fully saturated rings. The van der Waals surface area contributed by atoms with E-state index in [4.69, 9.17) is 4.74 Å². The van der Waals surface area contributed by atoms with Crippen molar-refractivity contribution in [2.45, 2.75) is 61.4 Å². The second-order valence-corrected chi connectivity index (χ2v) is 9.73. The third kappa shape index (κ3) is 7.57. The van der Waals surface area contributed by atoms with Crippen LogP contribution in [-0.2, 0) is 16.1 Å². The largest absolute Gasteiger partial charge is 0.488 e. The van der Waals surface area contributed by atoms with Crippen LogP contribution in [0.1, 0.15) is 60.5 Å². The molecule has 0 spiro atoms. The maximum Gasteiger partial charge on any atom is 0.488 e. The fraction of sp³-hybridized carbons (Fsp3) is 0.682. The Morgan fingerprint density at radius 1 is 1.04 bits per heavy atom. The lowest BCUT2D eigenvalue weighted by atomic mass is 9.76. The number of hydrogen-bond acceptors (Lipinski definition) is 4. The van der Waals surface area contributed by atoms with E-state index in [0.717, 1.165) is 42.6 Å². The highest BCUT2D eigenvalue weighted by Crippen LogP contribution is 2.34. The van der Waals surface area contributed by atoms with Gasteiger partial charge in [-0.3, -0.25) is 4.79 Å². The maximum atomic E-state index is 12.6.